The van der Waals surface area contributed by atoms with Gasteiger partial charge in [0.05, 0.1) is 5.52 Å². The van der Waals surface area contributed by atoms with Crippen molar-refractivity contribution < 1.29 is 18.4 Å². The fourth-order valence-corrected chi connectivity index (χ4v) is 2.70. The molecular formula is C18H17F2N5O2. The van der Waals surface area contributed by atoms with Crippen LogP contribution in [-0.2, 0) is 11.3 Å². The Morgan fingerprint density at radius 3 is 2.59 bits per heavy atom. The van der Waals surface area contributed by atoms with E-state index in [9.17, 15) is 18.4 Å². The summed E-state index contributed by atoms with van der Waals surface area (Å²) < 4.78 is 28.4. The number of carbonyl (C=O) groups is 2. The molecule has 0 bridgehead atoms. The normalized spacial score (nSPS) is 12.0. The van der Waals surface area contributed by atoms with E-state index in [0.717, 1.165) is 17.6 Å². The molecule has 0 fully saturated rings. The maximum absolute atomic E-state index is 13.5. The highest BCUT2D eigenvalue weighted by molar-refractivity contribution is 6.00. The van der Waals surface area contributed by atoms with E-state index in [1.165, 1.54) is 13.1 Å². The zero-order valence-corrected chi connectivity index (χ0v) is 14.7. The van der Waals surface area contributed by atoms with E-state index >= 15 is 0 Å². The fourth-order valence-electron chi connectivity index (χ4n) is 2.70. The number of likely N-dealkylation sites (N-methyl/N-ethyl adjacent to an activating group) is 1. The van der Waals surface area contributed by atoms with Crippen molar-refractivity contribution in [3.05, 3.63) is 59.2 Å². The van der Waals surface area contributed by atoms with Crippen molar-refractivity contribution in [2.24, 2.45) is 0 Å². The van der Waals surface area contributed by atoms with Gasteiger partial charge < -0.3 is 10.6 Å². The topological polar surface area (TPSA) is 88.9 Å². The molecule has 9 heteroatoms. The van der Waals surface area contributed by atoms with E-state index in [-0.39, 0.29) is 11.1 Å². The second-order valence-electron chi connectivity index (χ2n) is 5.80. The molecule has 0 saturated heterocycles. The summed E-state index contributed by atoms with van der Waals surface area (Å²) in [5, 5.41) is 12.9. The Kier molecular flexibility index (Phi) is 5.11. The van der Waals surface area contributed by atoms with Gasteiger partial charge in [-0.1, -0.05) is 11.3 Å². The summed E-state index contributed by atoms with van der Waals surface area (Å²) in [5.74, 6) is -3.26. The van der Waals surface area contributed by atoms with E-state index in [0.29, 0.717) is 12.1 Å². The fraction of sp³-hybridized carbons (Fsp3) is 0.222. The van der Waals surface area contributed by atoms with Crippen molar-refractivity contribution in [2.75, 3.05) is 7.05 Å². The zero-order valence-electron chi connectivity index (χ0n) is 14.7. The van der Waals surface area contributed by atoms with Gasteiger partial charge in [0.15, 0.2) is 11.6 Å². The molecule has 2 aromatic carbocycles. The summed E-state index contributed by atoms with van der Waals surface area (Å²) in [6, 6.07) is 6.69. The SMILES string of the molecule is CCn1nnc2cc(C(=O)NC(C(=O)NC)c3ccc(F)c(F)c3)ccc21. The van der Waals surface area contributed by atoms with Gasteiger partial charge in [-0.05, 0) is 42.8 Å². The Bertz CT molecular complexity index is 1020. The molecule has 7 nitrogen and oxygen atoms in total. The van der Waals surface area contributed by atoms with Gasteiger partial charge >= 0.3 is 0 Å². The van der Waals surface area contributed by atoms with Gasteiger partial charge in [0.2, 0.25) is 5.91 Å². The number of nitrogens with one attached hydrogen (secondary N) is 2. The highest BCUT2D eigenvalue weighted by Crippen LogP contribution is 2.19. The molecule has 0 aliphatic heterocycles. The van der Waals surface area contributed by atoms with Crippen LogP contribution in [0.3, 0.4) is 0 Å². The number of fused-ring (bicyclic) bond motifs is 1. The third-order valence-electron chi connectivity index (χ3n) is 4.14. The Balaban J connectivity index is 1.90. The van der Waals surface area contributed by atoms with E-state index in [4.69, 9.17) is 0 Å². The van der Waals surface area contributed by atoms with E-state index in [1.807, 2.05) is 6.92 Å². The van der Waals surface area contributed by atoms with Crippen LogP contribution in [0.2, 0.25) is 0 Å². The minimum atomic E-state index is -1.18. The van der Waals surface area contributed by atoms with Crippen LogP contribution < -0.4 is 10.6 Å². The number of aryl methyl sites for hydroxylation is 1. The maximum atomic E-state index is 13.5. The number of nitrogens with zero attached hydrogens (tertiary/aromatic N) is 3. The van der Waals surface area contributed by atoms with Crippen LogP contribution >= 0.6 is 0 Å². The third kappa shape index (κ3) is 3.62. The monoisotopic (exact) mass is 373 g/mol. The van der Waals surface area contributed by atoms with Gasteiger partial charge in [-0.3, -0.25) is 9.59 Å². The molecule has 1 heterocycles. The van der Waals surface area contributed by atoms with Crippen molar-refractivity contribution in [2.45, 2.75) is 19.5 Å². The number of benzene rings is 2. The van der Waals surface area contributed by atoms with Crippen molar-refractivity contribution in [1.29, 1.82) is 0 Å². The number of halogens is 2. The van der Waals surface area contributed by atoms with Crippen LogP contribution in [0.15, 0.2) is 36.4 Å². The van der Waals surface area contributed by atoms with Crippen LogP contribution in [-0.4, -0.2) is 33.9 Å². The standard InChI is InChI=1S/C18H17F2N5O2/c1-3-25-15-7-5-11(9-14(15)23-24-25)17(26)22-16(18(27)21-2)10-4-6-12(19)13(20)8-10/h4-9,16H,3H2,1-2H3,(H,21,27)(H,22,26). The van der Waals surface area contributed by atoms with Crippen LogP contribution in [0.1, 0.15) is 28.9 Å². The molecule has 2 N–H and O–H groups in total. The predicted octanol–water partition coefficient (Wildman–Crippen LogP) is 1.95. The molecular weight excluding hydrogens is 356 g/mol. The van der Waals surface area contributed by atoms with Gasteiger partial charge in [0.25, 0.3) is 5.91 Å². The minimum Gasteiger partial charge on any atom is -0.357 e. The summed E-state index contributed by atoms with van der Waals surface area (Å²) in [7, 11) is 1.39. The first-order chi connectivity index (χ1) is 12.9. The molecule has 0 radical (unpaired) electrons. The highest BCUT2D eigenvalue weighted by Gasteiger charge is 2.24. The molecule has 0 aliphatic rings. The second kappa shape index (κ2) is 7.48. The molecule has 2 amide bonds. The number of amides is 2. The van der Waals surface area contributed by atoms with Gasteiger partial charge in [0, 0.05) is 19.2 Å². The van der Waals surface area contributed by atoms with Crippen LogP contribution in [0.5, 0.6) is 0 Å². The Morgan fingerprint density at radius 2 is 1.93 bits per heavy atom. The van der Waals surface area contributed by atoms with Crippen LogP contribution in [0, 0.1) is 11.6 Å². The van der Waals surface area contributed by atoms with Gasteiger partial charge in [-0.2, -0.15) is 0 Å². The summed E-state index contributed by atoms with van der Waals surface area (Å²) in [4.78, 5) is 24.8. The number of hydrogen-bond acceptors (Lipinski definition) is 4. The third-order valence-corrected chi connectivity index (χ3v) is 4.14. The molecule has 3 aromatic rings. The first-order valence-corrected chi connectivity index (χ1v) is 8.25. The Morgan fingerprint density at radius 1 is 1.15 bits per heavy atom. The average Bonchev–Trinajstić information content (AvgIpc) is 3.09. The minimum absolute atomic E-state index is 0.125. The lowest BCUT2D eigenvalue weighted by Crippen LogP contribution is -2.39. The molecule has 0 aliphatic carbocycles. The summed E-state index contributed by atoms with van der Waals surface area (Å²) in [6.07, 6.45) is 0. The van der Waals surface area contributed by atoms with Crippen LogP contribution in [0.4, 0.5) is 8.78 Å². The summed E-state index contributed by atoms with van der Waals surface area (Å²) in [5.41, 5.74) is 1.70. The Labute approximate surface area is 153 Å². The maximum Gasteiger partial charge on any atom is 0.252 e. The summed E-state index contributed by atoms with van der Waals surface area (Å²) >= 11 is 0. The molecule has 1 atom stereocenters. The number of carbonyl (C=O) groups excluding carboxylic acids is 2. The van der Waals surface area contributed by atoms with Gasteiger partial charge in [-0.15, -0.1) is 5.10 Å². The van der Waals surface area contributed by atoms with Gasteiger partial charge in [0.1, 0.15) is 11.6 Å². The highest BCUT2D eigenvalue weighted by atomic mass is 19.2. The van der Waals surface area contributed by atoms with E-state index in [2.05, 4.69) is 20.9 Å². The first-order valence-electron chi connectivity index (χ1n) is 8.25. The molecule has 140 valence electrons. The first kappa shape index (κ1) is 18.4. The molecule has 0 saturated carbocycles. The lowest BCUT2D eigenvalue weighted by Gasteiger charge is -2.18. The number of aromatic nitrogens is 3. The van der Waals surface area contributed by atoms with E-state index < -0.39 is 29.5 Å². The van der Waals surface area contributed by atoms with Gasteiger partial charge in [-0.25, -0.2) is 13.5 Å². The molecule has 1 unspecified atom stereocenters. The molecule has 0 spiro atoms. The molecule has 1 aromatic heterocycles. The lowest BCUT2D eigenvalue weighted by molar-refractivity contribution is -0.122. The molecule has 27 heavy (non-hydrogen) atoms. The number of rotatable bonds is 5. The zero-order chi connectivity index (χ0) is 19.6. The van der Waals surface area contributed by atoms with Crippen molar-refractivity contribution in [3.8, 4) is 0 Å². The lowest BCUT2D eigenvalue weighted by atomic mass is 10.0. The van der Waals surface area contributed by atoms with Crippen molar-refractivity contribution in [1.82, 2.24) is 25.6 Å². The largest absolute Gasteiger partial charge is 0.357 e. The predicted molar refractivity (Wildman–Crippen MR) is 93.8 cm³/mol. The Hall–Kier alpha value is -3.36. The van der Waals surface area contributed by atoms with Crippen molar-refractivity contribution >= 4 is 22.8 Å². The number of hydrogen-bond donors (Lipinski definition) is 2. The molecule has 3 rings (SSSR count). The quantitative estimate of drug-likeness (QED) is 0.715. The van der Waals surface area contributed by atoms with Crippen molar-refractivity contribution in [3.63, 3.8) is 0 Å². The summed E-state index contributed by atoms with van der Waals surface area (Å²) in [6.45, 7) is 2.56. The average molecular weight is 373 g/mol. The van der Waals surface area contributed by atoms with E-state index in [1.54, 1.807) is 22.9 Å². The van der Waals surface area contributed by atoms with Crippen LogP contribution in [0.25, 0.3) is 11.0 Å². The second-order valence-corrected chi connectivity index (χ2v) is 5.80. The smallest absolute Gasteiger partial charge is 0.252 e.